The van der Waals surface area contributed by atoms with Gasteiger partial charge in [-0.25, -0.2) is 0 Å². The molecule has 0 aromatic carbocycles. The minimum Gasteiger partial charge on any atom is -0.315 e. The van der Waals surface area contributed by atoms with Gasteiger partial charge in [0.2, 0.25) is 0 Å². The lowest BCUT2D eigenvalue weighted by molar-refractivity contribution is 0.462. The molecule has 1 fully saturated rings. The number of hydrogen-bond donors (Lipinski definition) is 2. The lowest BCUT2D eigenvalue weighted by Crippen LogP contribution is -2.44. The van der Waals surface area contributed by atoms with E-state index in [9.17, 15) is 8.42 Å². The van der Waals surface area contributed by atoms with E-state index in [4.69, 9.17) is 0 Å². The third kappa shape index (κ3) is 3.70. The Labute approximate surface area is 91.8 Å². The Balaban J connectivity index is 0.00000169. The fraction of sp³-hybridized carbons (Fsp3) is 1.00. The molecule has 1 aliphatic heterocycles. The number of nitrogens with one attached hydrogen (secondary N) is 2. The van der Waals surface area contributed by atoms with Crippen molar-refractivity contribution in [3.8, 4) is 0 Å². The third-order valence-corrected chi connectivity index (χ3v) is 3.94. The van der Waals surface area contributed by atoms with Crippen LogP contribution in [0.2, 0.25) is 0 Å². The van der Waals surface area contributed by atoms with Crippen LogP contribution < -0.4 is 10.0 Å². The highest BCUT2D eigenvalue weighted by atomic mass is 35.5. The molecule has 1 atom stereocenters. The summed E-state index contributed by atoms with van der Waals surface area (Å²) in [4.78, 5) is 0. The summed E-state index contributed by atoms with van der Waals surface area (Å²) >= 11 is 0. The van der Waals surface area contributed by atoms with Gasteiger partial charge in [0, 0.05) is 26.2 Å². The number of halogens is 1. The molecule has 0 bridgehead atoms. The Morgan fingerprint density at radius 3 is 2.64 bits per heavy atom. The van der Waals surface area contributed by atoms with Gasteiger partial charge in [-0.05, 0) is 13.0 Å². The van der Waals surface area contributed by atoms with Gasteiger partial charge >= 0.3 is 0 Å². The largest absolute Gasteiger partial charge is 0.315 e. The molecule has 0 aromatic heterocycles. The van der Waals surface area contributed by atoms with Crippen LogP contribution in [0.4, 0.5) is 0 Å². The van der Waals surface area contributed by atoms with Gasteiger partial charge in [-0.1, -0.05) is 6.92 Å². The Kier molecular flexibility index (Phi) is 5.92. The molecule has 2 N–H and O–H groups in total. The number of nitrogens with zero attached hydrogens (tertiary/aromatic N) is 1. The van der Waals surface area contributed by atoms with Crippen LogP contribution in [0.15, 0.2) is 0 Å². The summed E-state index contributed by atoms with van der Waals surface area (Å²) in [5.41, 5.74) is 0. The summed E-state index contributed by atoms with van der Waals surface area (Å²) in [6, 6.07) is 0.0546. The zero-order valence-electron chi connectivity index (χ0n) is 8.49. The molecule has 1 heterocycles. The van der Waals surface area contributed by atoms with E-state index in [-0.39, 0.29) is 18.4 Å². The van der Waals surface area contributed by atoms with E-state index in [1.807, 2.05) is 6.92 Å². The van der Waals surface area contributed by atoms with Crippen LogP contribution in [-0.2, 0) is 10.2 Å². The average molecular weight is 244 g/mol. The molecule has 0 amide bonds. The molecule has 1 saturated heterocycles. The average Bonchev–Trinajstić information content (AvgIpc) is 2.54. The Morgan fingerprint density at radius 1 is 1.57 bits per heavy atom. The molecule has 0 aromatic rings. The fourth-order valence-electron chi connectivity index (χ4n) is 1.23. The van der Waals surface area contributed by atoms with Crippen molar-refractivity contribution < 1.29 is 8.42 Å². The molecule has 1 unspecified atom stereocenters. The van der Waals surface area contributed by atoms with Crippen molar-refractivity contribution in [3.05, 3.63) is 0 Å². The molecular formula is C7H18ClN3O2S. The van der Waals surface area contributed by atoms with E-state index in [1.54, 1.807) is 7.05 Å². The SMILES string of the molecule is CCN(C)S(=O)(=O)NC1CCNC1.Cl. The predicted molar refractivity (Wildman–Crippen MR) is 58.9 cm³/mol. The lowest BCUT2D eigenvalue weighted by atomic mass is 10.3. The molecule has 7 heteroatoms. The Hall–Kier alpha value is 0.120. The summed E-state index contributed by atoms with van der Waals surface area (Å²) in [5, 5.41) is 3.11. The number of hydrogen-bond acceptors (Lipinski definition) is 3. The molecule has 5 nitrogen and oxygen atoms in total. The van der Waals surface area contributed by atoms with Gasteiger partial charge in [-0.15, -0.1) is 12.4 Å². The molecular weight excluding hydrogens is 226 g/mol. The van der Waals surface area contributed by atoms with Gasteiger partial charge < -0.3 is 5.32 Å². The van der Waals surface area contributed by atoms with Crippen molar-refractivity contribution in [1.82, 2.24) is 14.3 Å². The van der Waals surface area contributed by atoms with E-state index in [0.29, 0.717) is 6.54 Å². The minimum absolute atomic E-state index is 0. The first-order valence-electron chi connectivity index (χ1n) is 4.50. The molecule has 86 valence electrons. The molecule has 1 rings (SSSR count). The first kappa shape index (κ1) is 14.1. The number of rotatable bonds is 4. The van der Waals surface area contributed by atoms with Gasteiger partial charge in [0.1, 0.15) is 0 Å². The Bertz CT molecular complexity index is 252. The van der Waals surface area contributed by atoms with E-state index in [2.05, 4.69) is 10.0 Å². The van der Waals surface area contributed by atoms with Crippen LogP contribution in [0.5, 0.6) is 0 Å². The third-order valence-electron chi connectivity index (χ3n) is 2.23. The summed E-state index contributed by atoms with van der Waals surface area (Å²) in [5.74, 6) is 0. The van der Waals surface area contributed by atoms with Crippen molar-refractivity contribution in [2.45, 2.75) is 19.4 Å². The molecule has 0 aliphatic carbocycles. The van der Waals surface area contributed by atoms with Gasteiger partial charge in [-0.2, -0.15) is 17.4 Å². The molecule has 14 heavy (non-hydrogen) atoms. The molecule has 0 spiro atoms. The molecule has 0 radical (unpaired) electrons. The summed E-state index contributed by atoms with van der Waals surface area (Å²) in [7, 11) is -1.68. The van der Waals surface area contributed by atoms with Crippen LogP contribution in [-0.4, -0.2) is 45.4 Å². The van der Waals surface area contributed by atoms with Crippen LogP contribution >= 0.6 is 12.4 Å². The normalized spacial score (nSPS) is 22.4. The minimum atomic E-state index is -3.25. The Morgan fingerprint density at radius 2 is 2.21 bits per heavy atom. The van der Waals surface area contributed by atoms with Gasteiger partial charge in [0.15, 0.2) is 0 Å². The summed E-state index contributed by atoms with van der Waals surface area (Å²) in [6.45, 7) is 3.93. The summed E-state index contributed by atoms with van der Waals surface area (Å²) in [6.07, 6.45) is 0.872. The van der Waals surface area contributed by atoms with Crippen molar-refractivity contribution >= 4 is 22.6 Å². The first-order chi connectivity index (χ1) is 6.06. The van der Waals surface area contributed by atoms with E-state index < -0.39 is 10.2 Å². The lowest BCUT2D eigenvalue weighted by Gasteiger charge is -2.18. The van der Waals surface area contributed by atoms with Gasteiger partial charge in [0.05, 0.1) is 0 Å². The monoisotopic (exact) mass is 243 g/mol. The van der Waals surface area contributed by atoms with Gasteiger partial charge in [-0.3, -0.25) is 0 Å². The van der Waals surface area contributed by atoms with Crippen molar-refractivity contribution in [3.63, 3.8) is 0 Å². The van der Waals surface area contributed by atoms with Crippen molar-refractivity contribution in [2.24, 2.45) is 0 Å². The van der Waals surface area contributed by atoms with E-state index in [0.717, 1.165) is 19.5 Å². The van der Waals surface area contributed by atoms with Gasteiger partial charge in [0.25, 0.3) is 10.2 Å². The van der Waals surface area contributed by atoms with E-state index in [1.165, 1.54) is 4.31 Å². The van der Waals surface area contributed by atoms with Crippen LogP contribution in [0, 0.1) is 0 Å². The maximum atomic E-state index is 11.5. The highest BCUT2D eigenvalue weighted by molar-refractivity contribution is 7.87. The smallest absolute Gasteiger partial charge is 0.279 e. The van der Waals surface area contributed by atoms with Crippen molar-refractivity contribution in [1.29, 1.82) is 0 Å². The quantitative estimate of drug-likeness (QED) is 0.704. The predicted octanol–water partition coefficient (Wildman–Crippen LogP) is -0.444. The second-order valence-electron chi connectivity index (χ2n) is 3.23. The van der Waals surface area contributed by atoms with Crippen LogP contribution in [0.1, 0.15) is 13.3 Å². The zero-order chi connectivity index (χ0) is 9.90. The topological polar surface area (TPSA) is 61.4 Å². The first-order valence-corrected chi connectivity index (χ1v) is 5.94. The summed E-state index contributed by atoms with van der Waals surface area (Å²) < 4.78 is 27.0. The zero-order valence-corrected chi connectivity index (χ0v) is 10.1. The standard InChI is InChI=1S/C7H17N3O2S.ClH/c1-3-10(2)13(11,12)9-7-4-5-8-6-7;/h7-9H,3-6H2,1-2H3;1H. The maximum Gasteiger partial charge on any atom is 0.279 e. The highest BCUT2D eigenvalue weighted by Crippen LogP contribution is 2.01. The second kappa shape index (κ2) is 5.87. The second-order valence-corrected chi connectivity index (χ2v) is 5.04. The van der Waals surface area contributed by atoms with Crippen molar-refractivity contribution in [2.75, 3.05) is 26.7 Å². The van der Waals surface area contributed by atoms with E-state index >= 15 is 0 Å². The molecule has 0 saturated carbocycles. The van der Waals surface area contributed by atoms with Crippen LogP contribution in [0.25, 0.3) is 0 Å². The van der Waals surface area contributed by atoms with Crippen LogP contribution in [0.3, 0.4) is 0 Å². The highest BCUT2D eigenvalue weighted by Gasteiger charge is 2.23. The maximum absolute atomic E-state index is 11.5. The fourth-order valence-corrected chi connectivity index (χ4v) is 2.37. The molecule has 1 aliphatic rings.